The summed E-state index contributed by atoms with van der Waals surface area (Å²) in [6.45, 7) is 2.74. The highest BCUT2D eigenvalue weighted by Crippen LogP contribution is 2.32. The average Bonchev–Trinajstić information content (AvgIpc) is 2.71. The molecule has 1 heterocycles. The molecular formula is C10H9ClFN3S. The van der Waals surface area contributed by atoms with Crippen LogP contribution in [0.25, 0.3) is 10.6 Å². The van der Waals surface area contributed by atoms with Crippen LogP contribution in [0.2, 0.25) is 5.02 Å². The number of hydrogen-bond acceptors (Lipinski definition) is 4. The van der Waals surface area contributed by atoms with Crippen LogP contribution in [0.5, 0.6) is 0 Å². The summed E-state index contributed by atoms with van der Waals surface area (Å²) in [4.78, 5) is 0. The van der Waals surface area contributed by atoms with Crippen molar-refractivity contribution >= 4 is 28.1 Å². The minimum absolute atomic E-state index is 0.334. The SMILES string of the molecule is CCNc1nnc(-c2cc(F)ccc2Cl)s1. The Labute approximate surface area is 101 Å². The lowest BCUT2D eigenvalue weighted by molar-refractivity contribution is 0.628. The molecule has 0 aliphatic rings. The third-order valence-electron chi connectivity index (χ3n) is 1.91. The van der Waals surface area contributed by atoms with Crippen LogP contribution in [0.3, 0.4) is 0 Å². The van der Waals surface area contributed by atoms with E-state index in [-0.39, 0.29) is 5.82 Å². The number of nitrogens with one attached hydrogen (secondary N) is 1. The molecule has 0 saturated heterocycles. The Morgan fingerprint density at radius 2 is 2.25 bits per heavy atom. The Balaban J connectivity index is 2.38. The largest absolute Gasteiger partial charge is 0.360 e. The van der Waals surface area contributed by atoms with E-state index in [0.29, 0.717) is 20.7 Å². The highest BCUT2D eigenvalue weighted by Gasteiger charge is 2.10. The molecule has 1 N–H and O–H groups in total. The minimum atomic E-state index is -0.334. The molecule has 2 aromatic rings. The predicted molar refractivity (Wildman–Crippen MR) is 64.5 cm³/mol. The Bertz CT molecular complexity index is 501. The van der Waals surface area contributed by atoms with Crippen molar-refractivity contribution in [3.8, 4) is 10.6 Å². The Morgan fingerprint density at radius 3 is 3.00 bits per heavy atom. The first-order valence-corrected chi connectivity index (χ1v) is 5.93. The van der Waals surface area contributed by atoms with Gasteiger partial charge in [-0.05, 0) is 25.1 Å². The smallest absolute Gasteiger partial charge is 0.205 e. The number of benzene rings is 1. The Kier molecular flexibility index (Phi) is 3.36. The summed E-state index contributed by atoms with van der Waals surface area (Å²) in [7, 11) is 0. The molecule has 0 bridgehead atoms. The number of aromatic nitrogens is 2. The molecule has 2 rings (SSSR count). The molecule has 0 unspecified atom stereocenters. The summed E-state index contributed by atoms with van der Waals surface area (Å²) in [6.07, 6.45) is 0. The zero-order valence-electron chi connectivity index (χ0n) is 8.50. The maximum Gasteiger partial charge on any atom is 0.205 e. The molecule has 0 radical (unpaired) electrons. The van der Waals surface area contributed by atoms with E-state index in [2.05, 4.69) is 15.5 Å². The Morgan fingerprint density at radius 1 is 1.44 bits per heavy atom. The number of rotatable bonds is 3. The first kappa shape index (κ1) is 11.3. The van der Waals surface area contributed by atoms with Crippen LogP contribution in [0.1, 0.15) is 6.92 Å². The van der Waals surface area contributed by atoms with Gasteiger partial charge in [0.15, 0.2) is 5.01 Å². The number of hydrogen-bond donors (Lipinski definition) is 1. The van der Waals surface area contributed by atoms with E-state index >= 15 is 0 Å². The summed E-state index contributed by atoms with van der Waals surface area (Å²) in [5, 5.41) is 12.7. The highest BCUT2D eigenvalue weighted by molar-refractivity contribution is 7.18. The molecule has 3 nitrogen and oxygen atoms in total. The van der Waals surface area contributed by atoms with Gasteiger partial charge in [0.25, 0.3) is 0 Å². The highest BCUT2D eigenvalue weighted by atomic mass is 35.5. The monoisotopic (exact) mass is 257 g/mol. The summed E-state index contributed by atoms with van der Waals surface area (Å²) in [5.41, 5.74) is 0.573. The van der Waals surface area contributed by atoms with E-state index in [4.69, 9.17) is 11.6 Å². The lowest BCUT2D eigenvalue weighted by Crippen LogP contribution is -1.94. The molecule has 84 valence electrons. The molecule has 0 aliphatic heterocycles. The predicted octanol–water partition coefficient (Wildman–Crippen LogP) is 3.43. The van der Waals surface area contributed by atoms with Crippen LogP contribution in [-0.4, -0.2) is 16.7 Å². The maximum atomic E-state index is 13.1. The standard InChI is InChI=1S/C10H9ClFN3S/c1-2-13-10-15-14-9(16-10)7-5-6(12)3-4-8(7)11/h3-5H,2H2,1H3,(H,13,15). The fourth-order valence-electron chi connectivity index (χ4n) is 1.22. The van der Waals surface area contributed by atoms with E-state index in [0.717, 1.165) is 6.54 Å². The van der Waals surface area contributed by atoms with Crippen LogP contribution >= 0.6 is 22.9 Å². The summed E-state index contributed by atoms with van der Waals surface area (Å²) >= 11 is 7.32. The Hall–Kier alpha value is -1.20. The topological polar surface area (TPSA) is 37.8 Å². The van der Waals surface area contributed by atoms with Crippen molar-refractivity contribution in [3.63, 3.8) is 0 Å². The van der Waals surface area contributed by atoms with Gasteiger partial charge in [-0.3, -0.25) is 0 Å². The maximum absolute atomic E-state index is 13.1. The molecule has 1 aromatic heterocycles. The minimum Gasteiger partial charge on any atom is -0.360 e. The van der Waals surface area contributed by atoms with Gasteiger partial charge in [-0.15, -0.1) is 10.2 Å². The molecule has 0 saturated carbocycles. The van der Waals surface area contributed by atoms with Crippen LogP contribution in [0.15, 0.2) is 18.2 Å². The number of halogens is 2. The van der Waals surface area contributed by atoms with Crippen molar-refractivity contribution in [3.05, 3.63) is 29.0 Å². The van der Waals surface area contributed by atoms with Gasteiger partial charge in [0, 0.05) is 12.1 Å². The van der Waals surface area contributed by atoms with Gasteiger partial charge >= 0.3 is 0 Å². The van der Waals surface area contributed by atoms with Gasteiger partial charge in [0.1, 0.15) is 5.82 Å². The number of nitrogens with zero attached hydrogens (tertiary/aromatic N) is 2. The molecule has 16 heavy (non-hydrogen) atoms. The van der Waals surface area contributed by atoms with Crippen molar-refractivity contribution in [1.82, 2.24) is 10.2 Å². The van der Waals surface area contributed by atoms with Crippen molar-refractivity contribution < 1.29 is 4.39 Å². The lowest BCUT2D eigenvalue weighted by atomic mass is 10.2. The normalized spacial score (nSPS) is 10.4. The van der Waals surface area contributed by atoms with E-state index < -0.39 is 0 Å². The molecule has 0 fully saturated rings. The van der Waals surface area contributed by atoms with Gasteiger partial charge < -0.3 is 5.32 Å². The quantitative estimate of drug-likeness (QED) is 0.915. The van der Waals surface area contributed by atoms with E-state index in [1.807, 2.05) is 6.92 Å². The number of anilines is 1. The van der Waals surface area contributed by atoms with Crippen molar-refractivity contribution in [2.24, 2.45) is 0 Å². The fourth-order valence-corrected chi connectivity index (χ4v) is 2.32. The van der Waals surface area contributed by atoms with Gasteiger partial charge in [-0.25, -0.2) is 4.39 Å². The summed E-state index contributed by atoms with van der Waals surface area (Å²) in [5.74, 6) is -0.334. The van der Waals surface area contributed by atoms with Crippen LogP contribution in [-0.2, 0) is 0 Å². The molecule has 6 heteroatoms. The molecule has 0 amide bonds. The van der Waals surface area contributed by atoms with Crippen molar-refractivity contribution in [2.75, 3.05) is 11.9 Å². The summed E-state index contributed by atoms with van der Waals surface area (Å²) in [6, 6.07) is 4.19. The third kappa shape index (κ3) is 2.31. The molecular weight excluding hydrogens is 249 g/mol. The fraction of sp³-hybridized carbons (Fsp3) is 0.200. The van der Waals surface area contributed by atoms with E-state index in [1.165, 1.54) is 29.5 Å². The van der Waals surface area contributed by atoms with E-state index in [1.54, 1.807) is 0 Å². The van der Waals surface area contributed by atoms with Gasteiger partial charge in [-0.1, -0.05) is 22.9 Å². The van der Waals surface area contributed by atoms with Crippen LogP contribution in [0, 0.1) is 5.82 Å². The van der Waals surface area contributed by atoms with Gasteiger partial charge in [0.2, 0.25) is 5.13 Å². The first-order chi connectivity index (χ1) is 7.70. The second-order valence-corrected chi connectivity index (χ2v) is 4.45. The van der Waals surface area contributed by atoms with Crippen molar-refractivity contribution in [2.45, 2.75) is 6.92 Å². The first-order valence-electron chi connectivity index (χ1n) is 4.73. The van der Waals surface area contributed by atoms with Crippen LogP contribution < -0.4 is 5.32 Å². The molecule has 1 aromatic carbocycles. The summed E-state index contributed by atoms with van der Waals surface area (Å²) < 4.78 is 13.1. The molecule has 0 spiro atoms. The van der Waals surface area contributed by atoms with Gasteiger partial charge in [0.05, 0.1) is 5.02 Å². The third-order valence-corrected chi connectivity index (χ3v) is 3.16. The second-order valence-electron chi connectivity index (χ2n) is 3.07. The van der Waals surface area contributed by atoms with Gasteiger partial charge in [-0.2, -0.15) is 0 Å². The average molecular weight is 258 g/mol. The second kappa shape index (κ2) is 4.76. The van der Waals surface area contributed by atoms with E-state index in [9.17, 15) is 4.39 Å². The lowest BCUT2D eigenvalue weighted by Gasteiger charge is -1.98. The zero-order valence-corrected chi connectivity index (χ0v) is 10.1. The zero-order chi connectivity index (χ0) is 11.5. The molecule has 0 atom stereocenters. The van der Waals surface area contributed by atoms with Crippen LogP contribution in [0.4, 0.5) is 9.52 Å². The molecule has 0 aliphatic carbocycles. The van der Waals surface area contributed by atoms with Crippen molar-refractivity contribution in [1.29, 1.82) is 0 Å².